The third-order valence-corrected chi connectivity index (χ3v) is 5.70. The molecule has 0 aliphatic heterocycles. The summed E-state index contributed by atoms with van der Waals surface area (Å²) < 4.78 is 15.8. The Kier molecular flexibility index (Phi) is 3.48. The monoisotopic (exact) mass is 298 g/mol. The number of fused-ring (bicyclic) bond motifs is 1. The van der Waals surface area contributed by atoms with E-state index in [1.165, 1.54) is 25.3 Å². The first-order valence-corrected chi connectivity index (χ1v) is 8.19. The summed E-state index contributed by atoms with van der Waals surface area (Å²) in [7, 11) is 0. The van der Waals surface area contributed by atoms with Crippen LogP contribution in [0.2, 0.25) is 0 Å². The minimum Gasteiger partial charge on any atom is -0.325 e. The highest BCUT2D eigenvalue weighted by atomic mass is 35.5. The van der Waals surface area contributed by atoms with Gasteiger partial charge in [0.2, 0.25) is 0 Å². The van der Waals surface area contributed by atoms with Crippen molar-refractivity contribution in [2.75, 3.05) is 6.26 Å². The molecule has 0 spiro atoms. The Morgan fingerprint density at radius 3 is 2.84 bits per heavy atom. The second kappa shape index (κ2) is 4.98. The van der Waals surface area contributed by atoms with Gasteiger partial charge in [-0.25, -0.2) is 9.37 Å². The number of benzene rings is 1. The van der Waals surface area contributed by atoms with Gasteiger partial charge in [-0.2, -0.15) is 11.8 Å². The molecule has 1 aliphatic carbocycles. The number of halogens is 2. The Morgan fingerprint density at radius 1 is 1.47 bits per heavy atom. The molecule has 102 valence electrons. The van der Waals surface area contributed by atoms with E-state index in [4.69, 9.17) is 11.6 Å². The lowest BCUT2D eigenvalue weighted by Gasteiger charge is -2.41. The molecule has 19 heavy (non-hydrogen) atoms. The van der Waals surface area contributed by atoms with Gasteiger partial charge in [-0.3, -0.25) is 0 Å². The van der Waals surface area contributed by atoms with E-state index in [0.717, 1.165) is 23.4 Å². The first kappa shape index (κ1) is 13.3. The van der Waals surface area contributed by atoms with Crippen LogP contribution in [0.3, 0.4) is 0 Å². The summed E-state index contributed by atoms with van der Waals surface area (Å²) in [5.41, 5.74) is 1.68. The van der Waals surface area contributed by atoms with Gasteiger partial charge in [0.25, 0.3) is 0 Å². The maximum absolute atomic E-state index is 13.5. The maximum Gasteiger partial charge on any atom is 0.125 e. The van der Waals surface area contributed by atoms with Gasteiger partial charge in [-0.05, 0) is 37.3 Å². The van der Waals surface area contributed by atoms with Crippen LogP contribution in [0.5, 0.6) is 0 Å². The van der Waals surface area contributed by atoms with Crippen LogP contribution in [-0.2, 0) is 12.4 Å². The quantitative estimate of drug-likeness (QED) is 0.787. The Labute approximate surface area is 121 Å². The molecular formula is C14H16ClFN2S. The zero-order valence-electron chi connectivity index (χ0n) is 10.8. The van der Waals surface area contributed by atoms with Crippen LogP contribution in [0, 0.1) is 5.82 Å². The molecule has 0 radical (unpaired) electrons. The third-order valence-electron chi connectivity index (χ3n) is 4.05. The normalized spacial score (nSPS) is 17.6. The number of thioether (sulfide) groups is 1. The van der Waals surface area contributed by atoms with E-state index >= 15 is 0 Å². The first-order valence-electron chi connectivity index (χ1n) is 6.43. The van der Waals surface area contributed by atoms with E-state index in [-0.39, 0.29) is 10.6 Å². The SMILES string of the molecule is CSC1(Cn2c(CCl)nc3ccc(F)cc32)CCC1. The van der Waals surface area contributed by atoms with Gasteiger partial charge in [0.15, 0.2) is 0 Å². The van der Waals surface area contributed by atoms with Crippen LogP contribution in [0.25, 0.3) is 11.0 Å². The van der Waals surface area contributed by atoms with E-state index in [0.29, 0.717) is 5.88 Å². The molecule has 0 saturated heterocycles. The molecule has 0 amide bonds. The molecule has 0 N–H and O–H groups in total. The largest absolute Gasteiger partial charge is 0.325 e. The molecule has 0 unspecified atom stereocenters. The van der Waals surface area contributed by atoms with Crippen molar-refractivity contribution in [1.29, 1.82) is 0 Å². The molecule has 2 aromatic rings. The highest BCUT2D eigenvalue weighted by Gasteiger charge is 2.37. The van der Waals surface area contributed by atoms with Crippen molar-refractivity contribution >= 4 is 34.4 Å². The van der Waals surface area contributed by atoms with Crippen LogP contribution in [0.15, 0.2) is 18.2 Å². The van der Waals surface area contributed by atoms with E-state index in [1.807, 2.05) is 11.8 Å². The second-order valence-corrected chi connectivity index (χ2v) is 6.66. The van der Waals surface area contributed by atoms with Crippen LogP contribution in [0.4, 0.5) is 4.39 Å². The Morgan fingerprint density at radius 2 is 2.26 bits per heavy atom. The van der Waals surface area contributed by atoms with Gasteiger partial charge in [-0.15, -0.1) is 11.6 Å². The van der Waals surface area contributed by atoms with Crippen LogP contribution in [-0.4, -0.2) is 20.6 Å². The van der Waals surface area contributed by atoms with Crippen molar-refractivity contribution in [2.24, 2.45) is 0 Å². The fourth-order valence-electron chi connectivity index (χ4n) is 2.71. The molecular weight excluding hydrogens is 283 g/mol. The fourth-order valence-corrected chi connectivity index (χ4v) is 3.87. The number of hydrogen-bond donors (Lipinski definition) is 0. The van der Waals surface area contributed by atoms with Crippen molar-refractivity contribution < 1.29 is 4.39 Å². The lowest BCUT2D eigenvalue weighted by atomic mass is 9.84. The lowest BCUT2D eigenvalue weighted by molar-refractivity contribution is 0.322. The topological polar surface area (TPSA) is 17.8 Å². The van der Waals surface area contributed by atoms with Gasteiger partial charge in [0, 0.05) is 11.3 Å². The molecule has 5 heteroatoms. The van der Waals surface area contributed by atoms with E-state index in [1.54, 1.807) is 12.1 Å². The minimum atomic E-state index is -0.221. The maximum atomic E-state index is 13.5. The highest BCUT2D eigenvalue weighted by molar-refractivity contribution is 8.00. The Hall–Kier alpha value is -0.740. The number of imidazole rings is 1. The molecule has 1 fully saturated rings. The van der Waals surface area contributed by atoms with E-state index < -0.39 is 0 Å². The fraction of sp³-hybridized carbons (Fsp3) is 0.500. The van der Waals surface area contributed by atoms with Crippen LogP contribution >= 0.6 is 23.4 Å². The highest BCUT2D eigenvalue weighted by Crippen LogP contribution is 2.44. The number of rotatable bonds is 4. The number of alkyl halides is 1. The average Bonchev–Trinajstić information content (AvgIpc) is 2.71. The predicted octanol–water partition coefficient (Wildman–Crippen LogP) is 4.20. The standard InChI is InChI=1S/C14H16ClFN2S/c1-19-14(5-2-6-14)9-18-12-7-10(16)3-4-11(12)17-13(18)8-15/h3-4,7H,2,5-6,8-9H2,1H3. The van der Waals surface area contributed by atoms with E-state index in [9.17, 15) is 4.39 Å². The molecule has 0 bridgehead atoms. The van der Waals surface area contributed by atoms with Crippen molar-refractivity contribution in [3.05, 3.63) is 29.8 Å². The predicted molar refractivity (Wildman–Crippen MR) is 79.3 cm³/mol. The zero-order valence-corrected chi connectivity index (χ0v) is 12.4. The van der Waals surface area contributed by atoms with E-state index in [2.05, 4.69) is 15.8 Å². The summed E-state index contributed by atoms with van der Waals surface area (Å²) in [5, 5.41) is 0. The molecule has 1 heterocycles. The second-order valence-electron chi connectivity index (χ2n) is 5.12. The molecule has 3 rings (SSSR count). The summed E-state index contributed by atoms with van der Waals surface area (Å²) >= 11 is 7.90. The summed E-state index contributed by atoms with van der Waals surface area (Å²) in [4.78, 5) is 4.50. The van der Waals surface area contributed by atoms with Gasteiger partial charge in [0.1, 0.15) is 11.6 Å². The van der Waals surface area contributed by atoms with Gasteiger partial charge in [-0.1, -0.05) is 6.42 Å². The molecule has 1 saturated carbocycles. The van der Waals surface area contributed by atoms with Gasteiger partial charge < -0.3 is 4.57 Å². The Bertz CT molecular complexity index is 601. The first-order chi connectivity index (χ1) is 9.17. The summed E-state index contributed by atoms with van der Waals surface area (Å²) in [6.07, 6.45) is 5.85. The minimum absolute atomic E-state index is 0.221. The van der Waals surface area contributed by atoms with Crippen molar-refractivity contribution in [2.45, 2.75) is 36.4 Å². The van der Waals surface area contributed by atoms with Crippen LogP contribution in [0.1, 0.15) is 25.1 Å². The average molecular weight is 299 g/mol. The molecule has 0 atom stereocenters. The number of aromatic nitrogens is 2. The smallest absolute Gasteiger partial charge is 0.125 e. The van der Waals surface area contributed by atoms with Crippen molar-refractivity contribution in [3.63, 3.8) is 0 Å². The molecule has 2 nitrogen and oxygen atoms in total. The molecule has 1 aromatic carbocycles. The summed E-state index contributed by atoms with van der Waals surface area (Å²) in [5.74, 6) is 0.977. The van der Waals surface area contributed by atoms with Crippen molar-refractivity contribution in [3.8, 4) is 0 Å². The molecule has 1 aromatic heterocycles. The van der Waals surface area contributed by atoms with Crippen molar-refractivity contribution in [1.82, 2.24) is 9.55 Å². The lowest BCUT2D eigenvalue weighted by Crippen LogP contribution is -2.38. The van der Waals surface area contributed by atoms with Gasteiger partial charge >= 0.3 is 0 Å². The number of nitrogens with zero attached hydrogens (tertiary/aromatic N) is 2. The summed E-state index contributed by atoms with van der Waals surface area (Å²) in [6, 6.07) is 4.74. The van der Waals surface area contributed by atoms with Crippen LogP contribution < -0.4 is 0 Å². The Balaban J connectivity index is 2.07. The third kappa shape index (κ3) is 2.25. The number of hydrogen-bond acceptors (Lipinski definition) is 2. The van der Waals surface area contributed by atoms with Gasteiger partial charge in [0.05, 0.1) is 16.9 Å². The zero-order chi connectivity index (χ0) is 13.5. The molecule has 1 aliphatic rings. The summed E-state index contributed by atoms with van der Waals surface area (Å²) in [6.45, 7) is 0.871.